The van der Waals surface area contributed by atoms with Gasteiger partial charge >= 0.3 is 13.8 Å². The van der Waals surface area contributed by atoms with Crippen molar-refractivity contribution in [3.63, 3.8) is 0 Å². The van der Waals surface area contributed by atoms with Crippen molar-refractivity contribution >= 4 is 19.7 Å². The maximum absolute atomic E-state index is 13.6. The topological polar surface area (TPSA) is 111 Å². The summed E-state index contributed by atoms with van der Waals surface area (Å²) in [5.74, 6) is -0.513. The molecular formula is C68H126N2O7P+. The molecule has 0 spiro atoms. The first-order valence-electron chi connectivity index (χ1n) is 32.8. The Balaban J connectivity index is 5.21. The van der Waals surface area contributed by atoms with Crippen molar-refractivity contribution in [2.75, 3.05) is 40.9 Å². The summed E-state index contributed by atoms with van der Waals surface area (Å²) in [6.45, 7) is 6.97. The largest absolute Gasteiger partial charge is 0.472 e. The van der Waals surface area contributed by atoms with Crippen LogP contribution in [-0.2, 0) is 27.9 Å². The van der Waals surface area contributed by atoms with Crippen LogP contribution < -0.4 is 5.32 Å². The van der Waals surface area contributed by atoms with Crippen LogP contribution in [0.15, 0.2) is 72.9 Å². The van der Waals surface area contributed by atoms with Gasteiger partial charge in [0.1, 0.15) is 19.3 Å². The minimum Gasteiger partial charge on any atom is -0.456 e. The number of quaternary nitrogens is 1. The van der Waals surface area contributed by atoms with Gasteiger partial charge < -0.3 is 19.4 Å². The van der Waals surface area contributed by atoms with E-state index in [-0.39, 0.29) is 31.5 Å². The number of ether oxygens (including phenoxy) is 1. The molecule has 0 rings (SSSR count). The number of hydrogen-bond acceptors (Lipinski definition) is 6. The number of likely N-dealkylation sites (N-methyl/N-ethyl adjacent to an activating group) is 1. The van der Waals surface area contributed by atoms with Crippen molar-refractivity contribution in [2.45, 2.75) is 309 Å². The number of nitrogens with zero attached hydrogens (tertiary/aromatic N) is 1. The van der Waals surface area contributed by atoms with Gasteiger partial charge in [-0.2, -0.15) is 0 Å². The zero-order chi connectivity index (χ0) is 57.2. The summed E-state index contributed by atoms with van der Waals surface area (Å²) < 4.78 is 30.7. The van der Waals surface area contributed by atoms with Gasteiger partial charge in [0, 0.05) is 12.8 Å². The molecule has 0 saturated carbocycles. The third-order valence-electron chi connectivity index (χ3n) is 14.4. The van der Waals surface area contributed by atoms with E-state index in [4.69, 9.17) is 13.8 Å². The van der Waals surface area contributed by atoms with Crippen molar-refractivity contribution in [2.24, 2.45) is 0 Å². The van der Waals surface area contributed by atoms with Gasteiger partial charge in [0.05, 0.1) is 33.8 Å². The lowest BCUT2D eigenvalue weighted by Gasteiger charge is -2.27. The fraction of sp³-hybridized carbons (Fsp3) is 0.794. The highest BCUT2D eigenvalue weighted by Gasteiger charge is 2.30. The molecule has 0 aliphatic rings. The van der Waals surface area contributed by atoms with Crippen molar-refractivity contribution < 1.29 is 37.3 Å². The predicted octanol–water partition coefficient (Wildman–Crippen LogP) is 20.4. The maximum Gasteiger partial charge on any atom is 0.472 e. The van der Waals surface area contributed by atoms with E-state index in [1.165, 1.54) is 167 Å². The highest BCUT2D eigenvalue weighted by molar-refractivity contribution is 7.47. The Bertz CT molecular complexity index is 1570. The van der Waals surface area contributed by atoms with Crippen LogP contribution in [0.25, 0.3) is 0 Å². The van der Waals surface area contributed by atoms with E-state index in [0.717, 1.165) is 96.3 Å². The third-order valence-corrected chi connectivity index (χ3v) is 15.4. The molecule has 0 heterocycles. The van der Waals surface area contributed by atoms with Gasteiger partial charge in [0.2, 0.25) is 5.91 Å². The number of unbranched alkanes of at least 4 members (excludes halogenated alkanes) is 33. The first kappa shape index (κ1) is 75.5. The number of phosphoric acid groups is 1. The second-order valence-electron chi connectivity index (χ2n) is 23.3. The van der Waals surface area contributed by atoms with Crippen LogP contribution in [0.5, 0.6) is 0 Å². The second-order valence-corrected chi connectivity index (χ2v) is 24.7. The average Bonchev–Trinajstić information content (AvgIpc) is 3.40. The summed E-state index contributed by atoms with van der Waals surface area (Å²) in [7, 11) is 1.49. The highest BCUT2D eigenvalue weighted by atomic mass is 31.2. The van der Waals surface area contributed by atoms with E-state index in [1.807, 2.05) is 33.3 Å². The van der Waals surface area contributed by atoms with Crippen LogP contribution in [-0.4, -0.2) is 74.3 Å². The Morgan fingerprint density at radius 2 is 0.782 bits per heavy atom. The smallest absolute Gasteiger partial charge is 0.456 e. The number of hydrogen-bond donors (Lipinski definition) is 2. The number of carbonyl (C=O) groups excluding carboxylic acids is 2. The second kappa shape index (κ2) is 57.7. The molecule has 10 heteroatoms. The summed E-state index contributed by atoms with van der Waals surface area (Å²) in [5.41, 5.74) is 0. The zero-order valence-corrected chi connectivity index (χ0v) is 52.8. The molecule has 0 aliphatic carbocycles. The van der Waals surface area contributed by atoms with Crippen LogP contribution in [0.2, 0.25) is 0 Å². The molecule has 454 valence electrons. The molecule has 0 saturated heterocycles. The van der Waals surface area contributed by atoms with Gasteiger partial charge in [-0.3, -0.25) is 18.6 Å². The molecule has 2 N–H and O–H groups in total. The lowest BCUT2D eigenvalue weighted by atomic mass is 10.0. The summed E-state index contributed by atoms with van der Waals surface area (Å²) >= 11 is 0. The monoisotopic (exact) mass is 1110 g/mol. The zero-order valence-electron chi connectivity index (χ0n) is 51.9. The standard InChI is InChI=1S/C68H125N2O7P/c1-7-10-13-16-19-22-25-28-30-32-34-35-37-39-41-43-46-49-52-55-58-61-68(72)77-66(59-56-53-50-47-44-27-24-21-18-15-12-9-3)65(64-76-78(73,74)75-63-62-70(4,5)6)69-67(71)60-57-54-51-48-45-42-40-38-36-33-31-29-26-23-20-17-14-11-8-2/h19-20,22-23,28-31,34-35,56,59,65-66H,7-18,21,24-27,32-33,36-55,57-58,60-64H2,1-6H3,(H-,69,71,73,74)/p+1/b22-19-,23-20-,30-28-,31-29-,35-34-,59-56+. The molecule has 0 aromatic rings. The van der Waals surface area contributed by atoms with Gasteiger partial charge in [0.25, 0.3) is 0 Å². The van der Waals surface area contributed by atoms with Gasteiger partial charge in [-0.25, -0.2) is 4.57 Å². The molecular weight excluding hydrogens is 988 g/mol. The quantitative estimate of drug-likeness (QED) is 0.0205. The van der Waals surface area contributed by atoms with E-state index in [2.05, 4.69) is 86.8 Å². The molecule has 3 unspecified atom stereocenters. The molecule has 1 amide bonds. The first-order valence-corrected chi connectivity index (χ1v) is 34.3. The Hall–Kier alpha value is -2.55. The minimum atomic E-state index is -4.46. The van der Waals surface area contributed by atoms with E-state index in [1.54, 1.807) is 0 Å². The molecule has 0 fully saturated rings. The van der Waals surface area contributed by atoms with Crippen LogP contribution in [0, 0.1) is 0 Å². The van der Waals surface area contributed by atoms with Gasteiger partial charge in [-0.05, 0) is 102 Å². The van der Waals surface area contributed by atoms with E-state index < -0.39 is 20.0 Å². The fourth-order valence-corrected chi connectivity index (χ4v) is 10.0. The Morgan fingerprint density at radius 1 is 0.449 bits per heavy atom. The Labute approximate surface area is 483 Å². The Kier molecular flexibility index (Phi) is 55.8. The molecule has 0 radical (unpaired) electrons. The van der Waals surface area contributed by atoms with Gasteiger partial charge in [0.15, 0.2) is 0 Å². The third kappa shape index (κ3) is 58.1. The molecule has 9 nitrogen and oxygen atoms in total. The number of rotatable bonds is 59. The van der Waals surface area contributed by atoms with Crippen molar-refractivity contribution in [1.29, 1.82) is 0 Å². The van der Waals surface area contributed by atoms with Gasteiger partial charge in [-0.15, -0.1) is 0 Å². The van der Waals surface area contributed by atoms with Crippen LogP contribution in [0.3, 0.4) is 0 Å². The number of nitrogens with one attached hydrogen (secondary N) is 1. The number of carbonyl (C=O) groups is 2. The summed E-state index contributed by atoms with van der Waals surface area (Å²) in [6, 6.07) is -0.856. The summed E-state index contributed by atoms with van der Waals surface area (Å²) in [5, 5.41) is 3.06. The molecule has 0 bridgehead atoms. The van der Waals surface area contributed by atoms with Crippen LogP contribution in [0.4, 0.5) is 0 Å². The van der Waals surface area contributed by atoms with Crippen LogP contribution >= 0.6 is 7.82 Å². The molecule has 78 heavy (non-hydrogen) atoms. The summed E-state index contributed by atoms with van der Waals surface area (Å²) in [6.07, 6.45) is 74.6. The van der Waals surface area contributed by atoms with Crippen molar-refractivity contribution in [3.05, 3.63) is 72.9 Å². The van der Waals surface area contributed by atoms with Crippen molar-refractivity contribution in [1.82, 2.24) is 5.32 Å². The highest BCUT2D eigenvalue weighted by Crippen LogP contribution is 2.43. The molecule has 0 aromatic carbocycles. The first-order chi connectivity index (χ1) is 37.9. The van der Waals surface area contributed by atoms with Crippen LogP contribution in [0.1, 0.15) is 297 Å². The van der Waals surface area contributed by atoms with E-state index >= 15 is 0 Å². The number of phosphoric ester groups is 1. The SMILES string of the molecule is CCCCC/C=C\C/C=C\C/C=C\CCCCCCCCCCC(=O)OC(/C=C/CCCCCCCCCCCC)C(COP(=O)(O)OCC[N+](C)(C)C)NC(=O)CCCCCCCCCCC/C=C\C/C=C\CCCCC. The fourth-order valence-electron chi connectivity index (χ4n) is 9.27. The lowest BCUT2D eigenvalue weighted by molar-refractivity contribution is -0.870. The van der Waals surface area contributed by atoms with E-state index in [0.29, 0.717) is 17.4 Å². The predicted molar refractivity (Wildman–Crippen MR) is 337 cm³/mol. The Morgan fingerprint density at radius 3 is 1.19 bits per heavy atom. The maximum atomic E-state index is 13.6. The normalized spacial score (nSPS) is 14.1. The summed E-state index contributed by atoms with van der Waals surface area (Å²) in [4.78, 5) is 37.8. The number of esters is 1. The average molecular weight is 1110 g/mol. The molecule has 3 atom stereocenters. The number of allylic oxidation sites excluding steroid dienone is 11. The number of amides is 1. The molecule has 0 aliphatic heterocycles. The van der Waals surface area contributed by atoms with E-state index in [9.17, 15) is 19.0 Å². The molecule has 0 aromatic heterocycles. The van der Waals surface area contributed by atoms with Gasteiger partial charge in [-0.1, -0.05) is 255 Å². The lowest BCUT2D eigenvalue weighted by Crippen LogP contribution is -2.47. The van der Waals surface area contributed by atoms with Crippen molar-refractivity contribution in [3.8, 4) is 0 Å². The minimum absolute atomic E-state index is 0.0362.